The number of piperazine rings is 1. The van der Waals surface area contributed by atoms with Gasteiger partial charge in [0.25, 0.3) is 0 Å². The van der Waals surface area contributed by atoms with Crippen LogP contribution in [0.15, 0.2) is 0 Å². The highest BCUT2D eigenvalue weighted by Crippen LogP contribution is 2.06. The lowest BCUT2D eigenvalue weighted by atomic mass is 10.2. The predicted octanol–water partition coefficient (Wildman–Crippen LogP) is -0.469. The van der Waals surface area contributed by atoms with Gasteiger partial charge in [-0.25, -0.2) is 0 Å². The number of carbonyl (C=O) groups is 1. The van der Waals surface area contributed by atoms with Crippen LogP contribution in [0.25, 0.3) is 0 Å². The summed E-state index contributed by atoms with van der Waals surface area (Å²) in [7, 11) is 1.59. The Morgan fingerprint density at radius 2 is 2.00 bits per heavy atom. The molecule has 1 amide bonds. The first-order valence-electron chi connectivity index (χ1n) is 7.02. The summed E-state index contributed by atoms with van der Waals surface area (Å²) in [6.45, 7) is 8.26. The number of carbonyl (C=O) groups excluding carboxylic acids is 1. The second-order valence-electron chi connectivity index (χ2n) is 4.72. The van der Waals surface area contributed by atoms with Crippen LogP contribution >= 0.6 is 0 Å². The molecule has 112 valence electrons. The van der Waals surface area contributed by atoms with E-state index in [1.807, 2.05) is 11.8 Å². The number of ether oxygens (including phenoxy) is 2. The van der Waals surface area contributed by atoms with Crippen molar-refractivity contribution in [3.63, 3.8) is 0 Å². The zero-order valence-corrected chi connectivity index (χ0v) is 12.1. The fourth-order valence-corrected chi connectivity index (χ4v) is 2.15. The van der Waals surface area contributed by atoms with Crippen molar-refractivity contribution in [2.45, 2.75) is 19.4 Å². The lowest BCUT2D eigenvalue weighted by Gasteiger charge is -2.35. The van der Waals surface area contributed by atoms with E-state index in [1.165, 1.54) is 0 Å². The van der Waals surface area contributed by atoms with Gasteiger partial charge in [0.15, 0.2) is 0 Å². The van der Waals surface area contributed by atoms with E-state index in [0.29, 0.717) is 13.0 Å². The van der Waals surface area contributed by atoms with Crippen molar-refractivity contribution >= 4 is 5.91 Å². The van der Waals surface area contributed by atoms with E-state index < -0.39 is 0 Å². The van der Waals surface area contributed by atoms with Gasteiger partial charge in [-0.3, -0.25) is 9.69 Å². The summed E-state index contributed by atoms with van der Waals surface area (Å²) in [6, 6.07) is 0. The van der Waals surface area contributed by atoms with Crippen molar-refractivity contribution in [2.24, 2.45) is 5.73 Å². The highest BCUT2D eigenvalue weighted by Gasteiger charge is 2.22. The van der Waals surface area contributed by atoms with Crippen molar-refractivity contribution in [1.29, 1.82) is 0 Å². The molecule has 19 heavy (non-hydrogen) atoms. The van der Waals surface area contributed by atoms with Crippen LogP contribution in [0.5, 0.6) is 0 Å². The summed E-state index contributed by atoms with van der Waals surface area (Å²) in [5.41, 5.74) is 5.53. The van der Waals surface area contributed by atoms with Crippen LogP contribution in [0.3, 0.4) is 0 Å². The molecule has 0 bridgehead atoms. The van der Waals surface area contributed by atoms with Gasteiger partial charge in [0, 0.05) is 53.0 Å². The number of amides is 1. The molecule has 0 aliphatic carbocycles. The first-order chi connectivity index (χ1) is 9.21. The second kappa shape index (κ2) is 9.25. The molecule has 0 saturated carbocycles. The van der Waals surface area contributed by atoms with Crippen LogP contribution in [-0.2, 0) is 14.3 Å². The molecule has 1 heterocycles. The van der Waals surface area contributed by atoms with E-state index in [9.17, 15) is 4.79 Å². The molecule has 1 unspecified atom stereocenters. The van der Waals surface area contributed by atoms with Crippen LogP contribution in [-0.4, -0.2) is 81.4 Å². The Morgan fingerprint density at radius 1 is 1.32 bits per heavy atom. The van der Waals surface area contributed by atoms with Gasteiger partial charge in [0.2, 0.25) is 5.91 Å². The Morgan fingerprint density at radius 3 is 2.53 bits per heavy atom. The van der Waals surface area contributed by atoms with Crippen LogP contribution < -0.4 is 5.73 Å². The van der Waals surface area contributed by atoms with Crippen molar-refractivity contribution in [1.82, 2.24) is 9.80 Å². The molecule has 1 aliphatic rings. The zero-order chi connectivity index (χ0) is 14.1. The summed E-state index contributed by atoms with van der Waals surface area (Å²) >= 11 is 0. The Balaban J connectivity index is 2.23. The summed E-state index contributed by atoms with van der Waals surface area (Å²) in [4.78, 5) is 16.3. The maximum atomic E-state index is 12.0. The third-order valence-corrected chi connectivity index (χ3v) is 3.48. The Labute approximate surface area is 115 Å². The van der Waals surface area contributed by atoms with E-state index >= 15 is 0 Å². The summed E-state index contributed by atoms with van der Waals surface area (Å²) in [5.74, 6) is 0.141. The Hall–Kier alpha value is -0.690. The molecule has 0 aromatic carbocycles. The minimum absolute atomic E-state index is 0.141. The van der Waals surface area contributed by atoms with Crippen LogP contribution in [0.1, 0.15) is 13.3 Å². The van der Waals surface area contributed by atoms with Gasteiger partial charge in [0.1, 0.15) is 0 Å². The average Bonchev–Trinajstić information content (AvgIpc) is 2.45. The highest BCUT2D eigenvalue weighted by atomic mass is 16.5. The topological polar surface area (TPSA) is 68.0 Å². The van der Waals surface area contributed by atoms with Crippen molar-refractivity contribution in [3.05, 3.63) is 0 Å². The van der Waals surface area contributed by atoms with Crippen molar-refractivity contribution in [2.75, 3.05) is 59.6 Å². The zero-order valence-electron chi connectivity index (χ0n) is 12.1. The standard InChI is InChI=1S/C13H27N3O3/c1-3-19-9-8-15-4-6-16(7-5-15)13(17)10-12(11-14)18-2/h12H,3-11,14H2,1-2H3. The van der Waals surface area contributed by atoms with Gasteiger partial charge in [-0.15, -0.1) is 0 Å². The molecule has 2 N–H and O–H groups in total. The smallest absolute Gasteiger partial charge is 0.225 e. The average molecular weight is 273 g/mol. The minimum Gasteiger partial charge on any atom is -0.380 e. The first-order valence-corrected chi connectivity index (χ1v) is 7.02. The molecule has 1 fully saturated rings. The molecule has 1 saturated heterocycles. The number of nitrogens with two attached hydrogens (primary N) is 1. The van der Waals surface area contributed by atoms with Gasteiger partial charge in [0.05, 0.1) is 19.1 Å². The van der Waals surface area contributed by atoms with E-state index in [2.05, 4.69) is 4.90 Å². The quantitative estimate of drug-likeness (QED) is 0.606. The lowest BCUT2D eigenvalue weighted by Crippen LogP contribution is -2.50. The van der Waals surface area contributed by atoms with E-state index in [-0.39, 0.29) is 12.0 Å². The van der Waals surface area contributed by atoms with E-state index in [0.717, 1.165) is 45.9 Å². The summed E-state index contributed by atoms with van der Waals surface area (Å²) < 4.78 is 10.5. The predicted molar refractivity (Wildman–Crippen MR) is 74.0 cm³/mol. The molecule has 1 atom stereocenters. The molecular formula is C13H27N3O3. The van der Waals surface area contributed by atoms with Gasteiger partial charge in [-0.2, -0.15) is 0 Å². The minimum atomic E-state index is -0.163. The SMILES string of the molecule is CCOCCN1CCN(C(=O)CC(CN)OC)CC1. The third-order valence-electron chi connectivity index (χ3n) is 3.48. The van der Waals surface area contributed by atoms with Crippen LogP contribution in [0.4, 0.5) is 0 Å². The molecule has 1 rings (SSSR count). The number of hydrogen-bond acceptors (Lipinski definition) is 5. The van der Waals surface area contributed by atoms with E-state index in [1.54, 1.807) is 7.11 Å². The van der Waals surface area contributed by atoms with Crippen molar-refractivity contribution in [3.8, 4) is 0 Å². The monoisotopic (exact) mass is 273 g/mol. The molecule has 1 aliphatic heterocycles. The number of nitrogens with zero attached hydrogens (tertiary/aromatic N) is 2. The largest absolute Gasteiger partial charge is 0.380 e. The van der Waals surface area contributed by atoms with Crippen LogP contribution in [0.2, 0.25) is 0 Å². The number of hydrogen-bond donors (Lipinski definition) is 1. The third kappa shape index (κ3) is 5.86. The van der Waals surface area contributed by atoms with Crippen LogP contribution in [0, 0.1) is 0 Å². The molecule has 0 aromatic heterocycles. The molecule has 0 radical (unpaired) electrons. The Bertz CT molecular complexity index is 252. The fraction of sp³-hybridized carbons (Fsp3) is 0.923. The van der Waals surface area contributed by atoms with Gasteiger partial charge >= 0.3 is 0 Å². The Kier molecular flexibility index (Phi) is 7.97. The maximum absolute atomic E-state index is 12.0. The first kappa shape index (κ1) is 16.4. The van der Waals surface area contributed by atoms with Gasteiger partial charge < -0.3 is 20.1 Å². The van der Waals surface area contributed by atoms with E-state index in [4.69, 9.17) is 15.2 Å². The summed E-state index contributed by atoms with van der Waals surface area (Å²) in [6.07, 6.45) is 0.217. The molecule has 0 aromatic rings. The number of methoxy groups -OCH3 is 1. The normalized spacial score (nSPS) is 18.6. The summed E-state index contributed by atoms with van der Waals surface area (Å²) in [5, 5.41) is 0. The fourth-order valence-electron chi connectivity index (χ4n) is 2.15. The molecular weight excluding hydrogens is 246 g/mol. The second-order valence-corrected chi connectivity index (χ2v) is 4.72. The molecule has 6 heteroatoms. The van der Waals surface area contributed by atoms with Gasteiger partial charge in [-0.1, -0.05) is 0 Å². The molecule has 6 nitrogen and oxygen atoms in total. The maximum Gasteiger partial charge on any atom is 0.225 e. The number of rotatable bonds is 8. The highest BCUT2D eigenvalue weighted by molar-refractivity contribution is 5.76. The van der Waals surface area contributed by atoms with Crippen molar-refractivity contribution < 1.29 is 14.3 Å². The molecule has 0 spiro atoms. The van der Waals surface area contributed by atoms with Gasteiger partial charge in [-0.05, 0) is 6.92 Å². The lowest BCUT2D eigenvalue weighted by molar-refractivity contribution is -0.135.